The summed E-state index contributed by atoms with van der Waals surface area (Å²) in [4.78, 5) is 10.6. The quantitative estimate of drug-likeness (QED) is 0.323. The SMILES string of the molecule is O=C(NO)[C@H]1CCCN1. The molecule has 52 valence electrons. The van der Waals surface area contributed by atoms with Gasteiger partial charge in [-0.2, -0.15) is 0 Å². The van der Waals surface area contributed by atoms with E-state index in [1.807, 2.05) is 0 Å². The van der Waals surface area contributed by atoms with Crippen molar-refractivity contribution in [3.63, 3.8) is 0 Å². The molecule has 0 saturated carbocycles. The number of carbonyl (C=O) groups excluding carboxylic acids is 1. The number of hydrogen-bond donors (Lipinski definition) is 3. The Morgan fingerprint density at radius 1 is 1.78 bits per heavy atom. The van der Waals surface area contributed by atoms with Crippen molar-refractivity contribution in [1.82, 2.24) is 10.8 Å². The molecule has 0 bridgehead atoms. The zero-order chi connectivity index (χ0) is 6.69. The van der Waals surface area contributed by atoms with Crippen LogP contribution in [-0.2, 0) is 4.79 Å². The van der Waals surface area contributed by atoms with E-state index in [1.54, 1.807) is 5.48 Å². The lowest BCUT2D eigenvalue weighted by atomic mass is 10.2. The highest BCUT2D eigenvalue weighted by Crippen LogP contribution is 2.03. The van der Waals surface area contributed by atoms with Gasteiger partial charge in [0.15, 0.2) is 0 Å². The zero-order valence-corrected chi connectivity index (χ0v) is 5.05. The summed E-state index contributed by atoms with van der Waals surface area (Å²) in [5, 5.41) is 11.1. The van der Waals surface area contributed by atoms with Crippen LogP contribution in [0.25, 0.3) is 0 Å². The molecule has 4 heteroatoms. The zero-order valence-electron chi connectivity index (χ0n) is 5.05. The third-order valence-electron chi connectivity index (χ3n) is 1.49. The second-order valence-corrected chi connectivity index (χ2v) is 2.12. The molecule has 1 rings (SSSR count). The van der Waals surface area contributed by atoms with Gasteiger partial charge in [-0.25, -0.2) is 5.48 Å². The molecule has 1 amide bonds. The fourth-order valence-electron chi connectivity index (χ4n) is 0.986. The normalized spacial score (nSPS) is 26.1. The van der Waals surface area contributed by atoms with E-state index < -0.39 is 0 Å². The molecule has 3 N–H and O–H groups in total. The van der Waals surface area contributed by atoms with Gasteiger partial charge in [-0.1, -0.05) is 0 Å². The topological polar surface area (TPSA) is 61.4 Å². The maximum Gasteiger partial charge on any atom is 0.260 e. The van der Waals surface area contributed by atoms with Crippen molar-refractivity contribution >= 4 is 5.91 Å². The van der Waals surface area contributed by atoms with Crippen LogP contribution in [0.3, 0.4) is 0 Å². The minimum absolute atomic E-state index is 0.171. The molecule has 1 atom stereocenters. The first-order chi connectivity index (χ1) is 4.34. The molecule has 0 unspecified atom stereocenters. The van der Waals surface area contributed by atoms with E-state index in [9.17, 15) is 4.79 Å². The van der Waals surface area contributed by atoms with Crippen LogP contribution in [0.2, 0.25) is 0 Å². The molecule has 0 aromatic heterocycles. The molecule has 1 fully saturated rings. The molecule has 4 nitrogen and oxygen atoms in total. The Morgan fingerprint density at radius 3 is 3.00 bits per heavy atom. The summed E-state index contributed by atoms with van der Waals surface area (Å²) < 4.78 is 0. The Balaban J connectivity index is 2.32. The number of rotatable bonds is 1. The number of nitrogens with one attached hydrogen (secondary N) is 2. The third-order valence-corrected chi connectivity index (χ3v) is 1.49. The average molecular weight is 130 g/mol. The fraction of sp³-hybridized carbons (Fsp3) is 0.800. The minimum Gasteiger partial charge on any atom is -0.306 e. The van der Waals surface area contributed by atoms with Crippen molar-refractivity contribution in [2.45, 2.75) is 18.9 Å². The van der Waals surface area contributed by atoms with Gasteiger partial charge in [0, 0.05) is 0 Å². The second kappa shape index (κ2) is 2.80. The van der Waals surface area contributed by atoms with Crippen LogP contribution in [0.4, 0.5) is 0 Å². The molecule has 1 heterocycles. The van der Waals surface area contributed by atoms with Crippen molar-refractivity contribution in [3.05, 3.63) is 0 Å². The van der Waals surface area contributed by atoms with Crippen LogP contribution < -0.4 is 10.8 Å². The number of hydroxylamine groups is 1. The molecule has 0 aliphatic carbocycles. The Hall–Kier alpha value is -0.610. The van der Waals surface area contributed by atoms with E-state index in [0.717, 1.165) is 19.4 Å². The summed E-state index contributed by atoms with van der Waals surface area (Å²) in [5.74, 6) is -0.326. The summed E-state index contributed by atoms with van der Waals surface area (Å²) in [6.45, 7) is 0.873. The first-order valence-electron chi connectivity index (χ1n) is 3.02. The highest BCUT2D eigenvalue weighted by molar-refractivity contribution is 5.80. The van der Waals surface area contributed by atoms with Crippen LogP contribution >= 0.6 is 0 Å². The van der Waals surface area contributed by atoms with Crippen LogP contribution in [0.1, 0.15) is 12.8 Å². The summed E-state index contributed by atoms with van der Waals surface area (Å²) in [5.41, 5.74) is 1.61. The summed E-state index contributed by atoms with van der Waals surface area (Å²) in [6, 6.07) is -0.171. The Morgan fingerprint density at radius 2 is 2.56 bits per heavy atom. The van der Waals surface area contributed by atoms with Crippen LogP contribution in [0, 0.1) is 0 Å². The largest absolute Gasteiger partial charge is 0.306 e. The average Bonchev–Trinajstić information content (AvgIpc) is 2.37. The van der Waals surface area contributed by atoms with E-state index in [1.165, 1.54) is 0 Å². The number of amides is 1. The molecule has 9 heavy (non-hydrogen) atoms. The Kier molecular flexibility index (Phi) is 2.02. The highest BCUT2D eigenvalue weighted by Gasteiger charge is 2.20. The maximum absolute atomic E-state index is 10.6. The van der Waals surface area contributed by atoms with E-state index in [0.29, 0.717) is 0 Å². The van der Waals surface area contributed by atoms with Gasteiger partial charge in [0.25, 0.3) is 5.91 Å². The lowest BCUT2D eigenvalue weighted by Crippen LogP contribution is -2.38. The first kappa shape index (κ1) is 6.51. The van der Waals surface area contributed by atoms with Crippen LogP contribution in [0.15, 0.2) is 0 Å². The predicted molar refractivity (Wildman–Crippen MR) is 31.0 cm³/mol. The van der Waals surface area contributed by atoms with E-state index in [-0.39, 0.29) is 11.9 Å². The van der Waals surface area contributed by atoms with Crippen molar-refractivity contribution in [3.8, 4) is 0 Å². The molecule has 1 saturated heterocycles. The Bertz CT molecular complexity index is 110. The van der Waals surface area contributed by atoms with Gasteiger partial charge in [0.05, 0.1) is 6.04 Å². The van der Waals surface area contributed by atoms with Crippen molar-refractivity contribution < 1.29 is 10.0 Å². The Labute approximate surface area is 53.2 Å². The third kappa shape index (κ3) is 1.40. The lowest BCUT2D eigenvalue weighted by Gasteiger charge is -2.04. The molecular weight excluding hydrogens is 120 g/mol. The molecule has 1 aliphatic heterocycles. The first-order valence-corrected chi connectivity index (χ1v) is 3.02. The second-order valence-electron chi connectivity index (χ2n) is 2.12. The van der Waals surface area contributed by atoms with E-state index >= 15 is 0 Å². The monoisotopic (exact) mass is 130 g/mol. The molecule has 0 aromatic carbocycles. The van der Waals surface area contributed by atoms with Gasteiger partial charge >= 0.3 is 0 Å². The minimum atomic E-state index is -0.326. The number of hydrogen-bond acceptors (Lipinski definition) is 3. The number of carbonyl (C=O) groups is 1. The fourth-order valence-corrected chi connectivity index (χ4v) is 0.986. The van der Waals surface area contributed by atoms with Crippen molar-refractivity contribution in [1.29, 1.82) is 0 Å². The summed E-state index contributed by atoms with van der Waals surface area (Å²) >= 11 is 0. The standard InChI is InChI=1S/C5H10N2O2/c8-5(7-9)4-2-1-3-6-4/h4,6,9H,1-3H2,(H,7,8)/t4-/m1/s1. The van der Waals surface area contributed by atoms with Crippen molar-refractivity contribution in [2.24, 2.45) is 0 Å². The molecule has 0 spiro atoms. The summed E-state index contributed by atoms with van der Waals surface area (Å²) in [7, 11) is 0. The van der Waals surface area contributed by atoms with Crippen LogP contribution in [-0.4, -0.2) is 23.7 Å². The van der Waals surface area contributed by atoms with E-state index in [4.69, 9.17) is 5.21 Å². The van der Waals surface area contributed by atoms with Gasteiger partial charge < -0.3 is 5.32 Å². The molecule has 1 aliphatic rings. The van der Waals surface area contributed by atoms with Gasteiger partial charge in [-0.3, -0.25) is 10.0 Å². The summed E-state index contributed by atoms with van der Waals surface area (Å²) in [6.07, 6.45) is 1.84. The predicted octanol–water partition coefficient (Wildman–Crippen LogP) is -0.756. The van der Waals surface area contributed by atoms with Crippen LogP contribution in [0.5, 0.6) is 0 Å². The van der Waals surface area contributed by atoms with Crippen molar-refractivity contribution in [2.75, 3.05) is 6.54 Å². The molecular formula is C5H10N2O2. The smallest absolute Gasteiger partial charge is 0.260 e. The van der Waals surface area contributed by atoms with Gasteiger partial charge in [-0.05, 0) is 19.4 Å². The lowest BCUT2D eigenvalue weighted by molar-refractivity contribution is -0.130. The highest BCUT2D eigenvalue weighted by atomic mass is 16.5. The molecule has 0 radical (unpaired) electrons. The van der Waals surface area contributed by atoms with Gasteiger partial charge in [-0.15, -0.1) is 0 Å². The van der Waals surface area contributed by atoms with E-state index in [2.05, 4.69) is 5.32 Å². The molecule has 0 aromatic rings. The van der Waals surface area contributed by atoms with Gasteiger partial charge in [0.2, 0.25) is 0 Å². The maximum atomic E-state index is 10.6. The van der Waals surface area contributed by atoms with Gasteiger partial charge in [0.1, 0.15) is 0 Å².